The van der Waals surface area contributed by atoms with E-state index in [9.17, 15) is 4.79 Å². The van der Waals surface area contributed by atoms with Crippen molar-refractivity contribution in [3.8, 4) is 0 Å². The summed E-state index contributed by atoms with van der Waals surface area (Å²) in [6.45, 7) is 3.89. The van der Waals surface area contributed by atoms with E-state index in [1.54, 1.807) is 23.9 Å². The summed E-state index contributed by atoms with van der Waals surface area (Å²) in [4.78, 5) is 17.3. The first-order valence-electron chi connectivity index (χ1n) is 5.14. The number of nitrogens with zero attached hydrogens (tertiary/aromatic N) is 2. The van der Waals surface area contributed by atoms with Crippen LogP contribution in [-0.4, -0.2) is 15.5 Å². The van der Waals surface area contributed by atoms with Crippen LogP contribution in [0.5, 0.6) is 0 Å². The van der Waals surface area contributed by atoms with E-state index in [-0.39, 0.29) is 5.91 Å². The van der Waals surface area contributed by atoms with Crippen molar-refractivity contribution in [2.24, 2.45) is 7.05 Å². The van der Waals surface area contributed by atoms with E-state index >= 15 is 0 Å². The molecule has 1 amide bonds. The number of amides is 1. The second-order valence-electron chi connectivity index (χ2n) is 3.88. The van der Waals surface area contributed by atoms with Crippen LogP contribution in [0.1, 0.15) is 21.1 Å². The lowest BCUT2D eigenvalue weighted by Gasteiger charge is -2.02. The van der Waals surface area contributed by atoms with Crippen LogP contribution in [-0.2, 0) is 7.05 Å². The number of hydrogen-bond acceptors (Lipinski definition) is 4. The van der Waals surface area contributed by atoms with Crippen molar-refractivity contribution in [1.82, 2.24) is 9.55 Å². The molecule has 0 aliphatic heterocycles. The number of aromatic nitrogens is 2. The van der Waals surface area contributed by atoms with Crippen molar-refractivity contribution in [2.45, 2.75) is 13.8 Å². The van der Waals surface area contributed by atoms with Crippen molar-refractivity contribution >= 4 is 28.1 Å². The summed E-state index contributed by atoms with van der Waals surface area (Å²) in [5.41, 5.74) is 7.66. The van der Waals surface area contributed by atoms with Gasteiger partial charge in [0, 0.05) is 18.1 Å². The highest BCUT2D eigenvalue weighted by molar-refractivity contribution is 7.15. The van der Waals surface area contributed by atoms with Crippen LogP contribution in [0.15, 0.2) is 12.3 Å². The van der Waals surface area contributed by atoms with Crippen molar-refractivity contribution in [3.05, 3.63) is 28.5 Å². The minimum Gasteiger partial charge on any atom is -0.397 e. The molecule has 0 unspecified atom stereocenters. The number of carbonyl (C=O) groups excluding carboxylic acids is 1. The van der Waals surface area contributed by atoms with E-state index in [1.807, 2.05) is 13.8 Å². The van der Waals surface area contributed by atoms with E-state index < -0.39 is 0 Å². The van der Waals surface area contributed by atoms with Gasteiger partial charge in [0.15, 0.2) is 5.13 Å². The summed E-state index contributed by atoms with van der Waals surface area (Å²) in [5.74, 6) is -0.196. The molecule has 2 aromatic heterocycles. The molecule has 0 aliphatic rings. The molecule has 0 radical (unpaired) electrons. The van der Waals surface area contributed by atoms with Crippen molar-refractivity contribution in [1.29, 1.82) is 0 Å². The smallest absolute Gasteiger partial charge is 0.274 e. The number of nitrogen functional groups attached to an aromatic ring is 1. The SMILES string of the molecule is Cc1nc(NC(=O)c2cc(N)cn2C)sc1C. The Kier molecular flexibility index (Phi) is 2.89. The number of carbonyl (C=O) groups is 1. The number of rotatable bonds is 2. The highest BCUT2D eigenvalue weighted by Gasteiger charge is 2.13. The van der Waals surface area contributed by atoms with Gasteiger partial charge in [0.25, 0.3) is 5.91 Å². The lowest BCUT2D eigenvalue weighted by Crippen LogP contribution is -2.15. The maximum atomic E-state index is 11.9. The second-order valence-corrected chi connectivity index (χ2v) is 5.09. The van der Waals surface area contributed by atoms with Crippen LogP contribution < -0.4 is 11.1 Å². The van der Waals surface area contributed by atoms with Gasteiger partial charge in [-0.25, -0.2) is 4.98 Å². The van der Waals surface area contributed by atoms with Crippen LogP contribution in [0.25, 0.3) is 0 Å². The van der Waals surface area contributed by atoms with Crippen LogP contribution in [0.3, 0.4) is 0 Å². The average molecular weight is 250 g/mol. The molecular formula is C11H14N4OS. The van der Waals surface area contributed by atoms with Gasteiger partial charge in [-0.3, -0.25) is 10.1 Å². The molecule has 2 heterocycles. The van der Waals surface area contributed by atoms with E-state index in [2.05, 4.69) is 10.3 Å². The Morgan fingerprint density at radius 3 is 2.71 bits per heavy atom. The molecule has 90 valence electrons. The second kappa shape index (κ2) is 4.21. The van der Waals surface area contributed by atoms with Gasteiger partial charge >= 0.3 is 0 Å². The van der Waals surface area contributed by atoms with Crippen molar-refractivity contribution in [3.63, 3.8) is 0 Å². The molecule has 3 N–H and O–H groups in total. The summed E-state index contributed by atoms with van der Waals surface area (Å²) < 4.78 is 1.69. The zero-order chi connectivity index (χ0) is 12.6. The molecule has 0 bridgehead atoms. The Bertz CT molecular complexity index is 551. The fraction of sp³-hybridized carbons (Fsp3) is 0.273. The first kappa shape index (κ1) is 11.7. The predicted molar refractivity (Wildman–Crippen MR) is 69.4 cm³/mol. The van der Waals surface area contributed by atoms with Gasteiger partial charge in [0.2, 0.25) is 0 Å². The normalized spacial score (nSPS) is 10.5. The molecule has 2 aromatic rings. The molecule has 17 heavy (non-hydrogen) atoms. The van der Waals surface area contributed by atoms with Crippen LogP contribution >= 0.6 is 11.3 Å². The summed E-state index contributed by atoms with van der Waals surface area (Å²) >= 11 is 1.47. The standard InChI is InChI=1S/C11H14N4OS/c1-6-7(2)17-11(13-6)14-10(16)9-4-8(12)5-15(9)3/h4-5H,12H2,1-3H3,(H,13,14,16). The predicted octanol–water partition coefficient (Wildman–Crippen LogP) is 1.93. The molecular weight excluding hydrogens is 236 g/mol. The fourth-order valence-electron chi connectivity index (χ4n) is 1.50. The maximum Gasteiger partial charge on any atom is 0.274 e. The maximum absolute atomic E-state index is 11.9. The number of nitrogens with one attached hydrogen (secondary N) is 1. The largest absolute Gasteiger partial charge is 0.397 e. The number of thiazole rings is 1. The number of nitrogens with two attached hydrogens (primary N) is 1. The topological polar surface area (TPSA) is 72.9 Å². The van der Waals surface area contributed by atoms with E-state index in [4.69, 9.17) is 5.73 Å². The van der Waals surface area contributed by atoms with Gasteiger partial charge < -0.3 is 10.3 Å². The summed E-state index contributed by atoms with van der Waals surface area (Å²) in [6, 6.07) is 1.64. The lowest BCUT2D eigenvalue weighted by molar-refractivity contribution is 0.101. The quantitative estimate of drug-likeness (QED) is 0.855. The van der Waals surface area contributed by atoms with Gasteiger partial charge in [-0.05, 0) is 19.9 Å². The Labute approximate surface area is 103 Å². The molecule has 0 fully saturated rings. The van der Waals surface area contributed by atoms with Crippen molar-refractivity contribution < 1.29 is 4.79 Å². The first-order valence-corrected chi connectivity index (χ1v) is 5.96. The average Bonchev–Trinajstić information content (AvgIpc) is 2.71. The van der Waals surface area contributed by atoms with Gasteiger partial charge in [-0.2, -0.15) is 0 Å². The van der Waals surface area contributed by atoms with Gasteiger partial charge in [0.05, 0.1) is 11.4 Å². The number of aryl methyl sites for hydroxylation is 3. The Balaban J connectivity index is 2.19. The van der Waals surface area contributed by atoms with Crippen LogP contribution in [0.2, 0.25) is 0 Å². The molecule has 5 nitrogen and oxygen atoms in total. The lowest BCUT2D eigenvalue weighted by atomic mass is 10.4. The highest BCUT2D eigenvalue weighted by Crippen LogP contribution is 2.22. The monoisotopic (exact) mass is 250 g/mol. The third-order valence-electron chi connectivity index (χ3n) is 2.51. The van der Waals surface area contributed by atoms with E-state index in [1.165, 1.54) is 11.3 Å². The molecule has 0 aromatic carbocycles. The molecule has 2 rings (SSSR count). The summed E-state index contributed by atoms with van der Waals surface area (Å²) in [6.07, 6.45) is 1.70. The molecule has 0 spiro atoms. The van der Waals surface area contributed by atoms with Crippen LogP contribution in [0.4, 0.5) is 10.8 Å². The van der Waals surface area contributed by atoms with Crippen LogP contribution in [0, 0.1) is 13.8 Å². The Hall–Kier alpha value is -1.82. The third-order valence-corrected chi connectivity index (χ3v) is 3.50. The minimum absolute atomic E-state index is 0.196. The number of anilines is 2. The first-order chi connectivity index (χ1) is 7.97. The zero-order valence-electron chi connectivity index (χ0n) is 9.94. The molecule has 6 heteroatoms. The zero-order valence-corrected chi connectivity index (χ0v) is 10.8. The number of hydrogen-bond donors (Lipinski definition) is 2. The fourth-order valence-corrected chi connectivity index (χ4v) is 2.31. The third kappa shape index (κ3) is 2.31. The molecule has 0 saturated carbocycles. The Morgan fingerprint density at radius 1 is 1.53 bits per heavy atom. The minimum atomic E-state index is -0.196. The van der Waals surface area contributed by atoms with Gasteiger partial charge in [-0.15, -0.1) is 11.3 Å². The summed E-state index contributed by atoms with van der Waals surface area (Å²) in [5, 5.41) is 3.38. The van der Waals surface area contributed by atoms with Gasteiger partial charge in [0.1, 0.15) is 5.69 Å². The van der Waals surface area contributed by atoms with E-state index in [0.29, 0.717) is 16.5 Å². The highest BCUT2D eigenvalue weighted by atomic mass is 32.1. The van der Waals surface area contributed by atoms with Gasteiger partial charge in [-0.1, -0.05) is 0 Å². The van der Waals surface area contributed by atoms with E-state index in [0.717, 1.165) is 10.6 Å². The summed E-state index contributed by atoms with van der Waals surface area (Å²) in [7, 11) is 1.78. The van der Waals surface area contributed by atoms with Crippen molar-refractivity contribution in [2.75, 3.05) is 11.1 Å². The molecule has 0 aliphatic carbocycles. The Morgan fingerprint density at radius 2 is 2.24 bits per heavy atom. The molecule has 0 saturated heterocycles. The molecule has 0 atom stereocenters.